The largest absolute Gasteiger partial charge is 0.497 e. The summed E-state index contributed by atoms with van der Waals surface area (Å²) in [6.07, 6.45) is -1.20. The predicted octanol–water partition coefficient (Wildman–Crippen LogP) is 4.77. The fraction of sp³-hybridized carbons (Fsp3) is 0.0526. The predicted molar refractivity (Wildman–Crippen MR) is 102 cm³/mol. The Hall–Kier alpha value is -3.32. The number of thiophene rings is 1. The van der Waals surface area contributed by atoms with E-state index in [0.717, 1.165) is 10.4 Å². The maximum atomic E-state index is 12.6. The molecule has 3 N–H and O–H groups in total. The number of amides is 2. The molecule has 0 aliphatic carbocycles. The average molecular weight is 368 g/mol. The first-order chi connectivity index (χ1) is 12.6. The van der Waals surface area contributed by atoms with Gasteiger partial charge in [0.1, 0.15) is 5.75 Å². The van der Waals surface area contributed by atoms with Gasteiger partial charge in [0, 0.05) is 10.4 Å². The molecule has 0 aliphatic heterocycles. The van der Waals surface area contributed by atoms with E-state index < -0.39 is 6.09 Å². The Morgan fingerprint density at radius 1 is 1.00 bits per heavy atom. The van der Waals surface area contributed by atoms with Crippen molar-refractivity contribution in [1.29, 1.82) is 0 Å². The van der Waals surface area contributed by atoms with Crippen LogP contribution in [0.25, 0.3) is 10.4 Å². The molecule has 26 heavy (non-hydrogen) atoms. The van der Waals surface area contributed by atoms with Crippen molar-refractivity contribution >= 4 is 34.7 Å². The minimum Gasteiger partial charge on any atom is -0.497 e. The molecule has 0 saturated heterocycles. The van der Waals surface area contributed by atoms with E-state index in [1.54, 1.807) is 53.8 Å². The summed E-state index contributed by atoms with van der Waals surface area (Å²) in [5, 5.41) is 16.1. The van der Waals surface area contributed by atoms with E-state index in [4.69, 9.17) is 9.84 Å². The number of hydrogen-bond acceptors (Lipinski definition) is 4. The lowest BCUT2D eigenvalue weighted by atomic mass is 10.1. The van der Waals surface area contributed by atoms with Gasteiger partial charge in [0.15, 0.2) is 0 Å². The van der Waals surface area contributed by atoms with E-state index in [2.05, 4.69) is 10.6 Å². The van der Waals surface area contributed by atoms with Gasteiger partial charge in [-0.15, -0.1) is 11.3 Å². The number of anilines is 2. The van der Waals surface area contributed by atoms with Gasteiger partial charge in [0.25, 0.3) is 5.91 Å². The molecule has 0 atom stereocenters. The number of carboxylic acid groups (broad SMARTS) is 1. The highest BCUT2D eigenvalue weighted by Crippen LogP contribution is 2.32. The fourth-order valence-corrected chi connectivity index (χ4v) is 3.15. The topological polar surface area (TPSA) is 87.7 Å². The highest BCUT2D eigenvalue weighted by Gasteiger charge is 2.13. The van der Waals surface area contributed by atoms with Gasteiger partial charge in [-0.3, -0.25) is 10.1 Å². The molecule has 2 aromatic carbocycles. The lowest BCUT2D eigenvalue weighted by Gasteiger charge is -2.13. The molecule has 0 radical (unpaired) electrons. The normalized spacial score (nSPS) is 10.2. The summed E-state index contributed by atoms with van der Waals surface area (Å²) in [6.45, 7) is 0. The molecular formula is C19H16N2O4S. The molecule has 132 valence electrons. The van der Waals surface area contributed by atoms with Crippen molar-refractivity contribution in [3.8, 4) is 16.2 Å². The van der Waals surface area contributed by atoms with Crippen LogP contribution in [0.5, 0.6) is 5.75 Å². The van der Waals surface area contributed by atoms with Gasteiger partial charge >= 0.3 is 6.09 Å². The van der Waals surface area contributed by atoms with Gasteiger partial charge < -0.3 is 15.2 Å². The number of methoxy groups -OCH3 is 1. The molecule has 0 saturated carbocycles. The van der Waals surface area contributed by atoms with Gasteiger partial charge in [-0.25, -0.2) is 4.79 Å². The highest BCUT2D eigenvalue weighted by molar-refractivity contribution is 7.13. The van der Waals surface area contributed by atoms with Crippen LogP contribution in [0, 0.1) is 0 Å². The van der Waals surface area contributed by atoms with Crippen LogP contribution >= 0.6 is 11.3 Å². The quantitative estimate of drug-likeness (QED) is 0.605. The van der Waals surface area contributed by atoms with Crippen LogP contribution in [-0.2, 0) is 0 Å². The number of ether oxygens (including phenoxy) is 1. The smallest absolute Gasteiger partial charge is 0.409 e. The first-order valence-corrected chi connectivity index (χ1v) is 8.58. The van der Waals surface area contributed by atoms with Gasteiger partial charge in [-0.1, -0.05) is 18.2 Å². The van der Waals surface area contributed by atoms with Crippen molar-refractivity contribution in [2.24, 2.45) is 0 Å². The number of carbonyl (C=O) groups is 2. The Kier molecular flexibility index (Phi) is 5.19. The monoisotopic (exact) mass is 368 g/mol. The van der Waals surface area contributed by atoms with E-state index >= 15 is 0 Å². The third-order valence-corrected chi connectivity index (χ3v) is 4.57. The number of nitrogens with one attached hydrogen (secondary N) is 2. The van der Waals surface area contributed by atoms with E-state index in [0.29, 0.717) is 22.7 Å². The SMILES string of the molecule is COc1cccc(C(=O)Nc2cc(-c3cccs3)ccc2NC(=O)O)c1. The lowest BCUT2D eigenvalue weighted by Crippen LogP contribution is -2.15. The second kappa shape index (κ2) is 7.71. The Morgan fingerprint density at radius 3 is 2.54 bits per heavy atom. The standard InChI is InChI=1S/C19H16N2O4S/c1-25-14-5-2-4-13(10-14)18(22)20-16-11-12(17-6-3-9-26-17)7-8-15(16)21-19(23)24/h2-11,21H,1H3,(H,20,22)(H,23,24). The fourth-order valence-electron chi connectivity index (χ4n) is 2.43. The molecule has 1 heterocycles. The molecule has 1 aromatic heterocycles. The maximum Gasteiger partial charge on any atom is 0.409 e. The number of hydrogen-bond donors (Lipinski definition) is 3. The van der Waals surface area contributed by atoms with Crippen molar-refractivity contribution in [1.82, 2.24) is 0 Å². The van der Waals surface area contributed by atoms with Crippen molar-refractivity contribution in [2.45, 2.75) is 0 Å². The molecule has 0 fully saturated rings. The second-order valence-electron chi connectivity index (χ2n) is 5.35. The Bertz CT molecular complexity index is 938. The van der Waals surface area contributed by atoms with Gasteiger partial charge in [0.2, 0.25) is 0 Å². The lowest BCUT2D eigenvalue weighted by molar-refractivity contribution is 0.102. The molecule has 0 bridgehead atoms. The van der Waals surface area contributed by atoms with Crippen molar-refractivity contribution in [3.63, 3.8) is 0 Å². The van der Waals surface area contributed by atoms with Gasteiger partial charge in [-0.2, -0.15) is 0 Å². The van der Waals surface area contributed by atoms with E-state index in [9.17, 15) is 9.59 Å². The highest BCUT2D eigenvalue weighted by atomic mass is 32.1. The molecule has 0 spiro atoms. The Morgan fingerprint density at radius 2 is 1.85 bits per heavy atom. The first-order valence-electron chi connectivity index (χ1n) is 7.70. The number of rotatable bonds is 5. The minimum absolute atomic E-state index is 0.300. The minimum atomic E-state index is -1.20. The Labute approximate surface area is 154 Å². The molecule has 0 aliphatic rings. The van der Waals surface area contributed by atoms with Crippen LogP contribution in [0.4, 0.5) is 16.2 Å². The third kappa shape index (κ3) is 4.01. The summed E-state index contributed by atoms with van der Waals surface area (Å²) >= 11 is 1.56. The van der Waals surface area contributed by atoms with Gasteiger partial charge in [0.05, 0.1) is 18.5 Å². The maximum absolute atomic E-state index is 12.6. The molecule has 6 nitrogen and oxygen atoms in total. The van der Waals surface area contributed by atoms with Crippen molar-refractivity contribution in [3.05, 3.63) is 65.5 Å². The van der Waals surface area contributed by atoms with E-state index in [1.165, 1.54) is 7.11 Å². The van der Waals surface area contributed by atoms with Crippen LogP contribution in [0.2, 0.25) is 0 Å². The first kappa shape index (κ1) is 17.5. The van der Waals surface area contributed by atoms with Crippen LogP contribution in [0.1, 0.15) is 10.4 Å². The zero-order chi connectivity index (χ0) is 18.5. The summed E-state index contributed by atoms with van der Waals surface area (Å²) in [7, 11) is 1.52. The number of benzene rings is 2. The van der Waals surface area contributed by atoms with Crippen LogP contribution < -0.4 is 15.4 Å². The molecule has 3 aromatic rings. The van der Waals surface area contributed by atoms with Crippen molar-refractivity contribution < 1.29 is 19.4 Å². The number of carbonyl (C=O) groups excluding carboxylic acids is 1. The summed E-state index contributed by atoms with van der Waals surface area (Å²) in [6, 6.07) is 15.8. The van der Waals surface area contributed by atoms with Crippen LogP contribution in [0.3, 0.4) is 0 Å². The summed E-state index contributed by atoms with van der Waals surface area (Å²) in [4.78, 5) is 24.6. The summed E-state index contributed by atoms with van der Waals surface area (Å²) in [5.74, 6) is 0.203. The van der Waals surface area contributed by atoms with E-state index in [1.807, 2.05) is 17.5 Å². The third-order valence-electron chi connectivity index (χ3n) is 3.65. The summed E-state index contributed by atoms with van der Waals surface area (Å²) in [5.41, 5.74) is 1.98. The van der Waals surface area contributed by atoms with E-state index in [-0.39, 0.29) is 5.91 Å². The molecule has 7 heteroatoms. The van der Waals surface area contributed by atoms with Crippen LogP contribution in [-0.4, -0.2) is 24.2 Å². The average Bonchev–Trinajstić information content (AvgIpc) is 3.17. The molecule has 0 unspecified atom stereocenters. The van der Waals surface area contributed by atoms with Gasteiger partial charge in [-0.05, 0) is 47.3 Å². The van der Waals surface area contributed by atoms with Crippen LogP contribution in [0.15, 0.2) is 60.0 Å². The second-order valence-corrected chi connectivity index (χ2v) is 6.30. The molecule has 3 rings (SSSR count). The van der Waals surface area contributed by atoms with Crippen molar-refractivity contribution in [2.75, 3.05) is 17.7 Å². The molecule has 2 amide bonds. The summed E-state index contributed by atoms with van der Waals surface area (Å²) < 4.78 is 5.13. The Balaban J connectivity index is 1.93. The molecular weight excluding hydrogens is 352 g/mol. The zero-order valence-corrected chi connectivity index (χ0v) is 14.7. The zero-order valence-electron chi connectivity index (χ0n) is 13.9.